The SMILES string of the molecule is Cc1ccccc1[C@H]1C[C@H](O)[C@@H](CO)O1. The topological polar surface area (TPSA) is 49.7 Å². The molecule has 0 aromatic heterocycles. The number of aryl methyl sites for hydroxylation is 1. The summed E-state index contributed by atoms with van der Waals surface area (Å²) in [7, 11) is 0. The molecule has 15 heavy (non-hydrogen) atoms. The lowest BCUT2D eigenvalue weighted by Gasteiger charge is -2.14. The third kappa shape index (κ3) is 2.04. The predicted octanol–water partition coefficient (Wildman–Crippen LogP) is 1.18. The highest BCUT2D eigenvalue weighted by Gasteiger charge is 2.34. The fourth-order valence-electron chi connectivity index (χ4n) is 2.04. The van der Waals surface area contributed by atoms with E-state index in [0.717, 1.165) is 11.1 Å². The van der Waals surface area contributed by atoms with Crippen molar-refractivity contribution in [2.45, 2.75) is 31.7 Å². The first-order chi connectivity index (χ1) is 7.22. The van der Waals surface area contributed by atoms with Crippen LogP contribution >= 0.6 is 0 Å². The molecule has 0 spiro atoms. The van der Waals surface area contributed by atoms with E-state index in [4.69, 9.17) is 9.84 Å². The Morgan fingerprint density at radius 3 is 2.73 bits per heavy atom. The smallest absolute Gasteiger partial charge is 0.107 e. The minimum absolute atomic E-state index is 0.0849. The van der Waals surface area contributed by atoms with Crippen molar-refractivity contribution in [1.82, 2.24) is 0 Å². The van der Waals surface area contributed by atoms with E-state index in [-0.39, 0.29) is 12.7 Å². The van der Waals surface area contributed by atoms with Crippen LogP contribution in [0.2, 0.25) is 0 Å². The van der Waals surface area contributed by atoms with Crippen molar-refractivity contribution in [2.75, 3.05) is 6.61 Å². The van der Waals surface area contributed by atoms with Crippen LogP contribution in [0.15, 0.2) is 24.3 Å². The number of hydrogen-bond donors (Lipinski definition) is 2. The lowest BCUT2D eigenvalue weighted by Crippen LogP contribution is -2.24. The fraction of sp³-hybridized carbons (Fsp3) is 0.500. The number of hydrogen-bond acceptors (Lipinski definition) is 3. The number of aliphatic hydroxyl groups excluding tert-OH is 2. The Hall–Kier alpha value is -0.900. The summed E-state index contributed by atoms with van der Waals surface area (Å²) >= 11 is 0. The van der Waals surface area contributed by atoms with Crippen molar-refractivity contribution < 1.29 is 14.9 Å². The zero-order chi connectivity index (χ0) is 10.8. The van der Waals surface area contributed by atoms with Gasteiger partial charge in [0.1, 0.15) is 6.10 Å². The van der Waals surface area contributed by atoms with Gasteiger partial charge < -0.3 is 14.9 Å². The number of ether oxygens (including phenoxy) is 1. The van der Waals surface area contributed by atoms with Crippen LogP contribution in [-0.2, 0) is 4.74 Å². The molecule has 1 heterocycles. The lowest BCUT2D eigenvalue weighted by atomic mass is 10.0. The molecule has 0 amide bonds. The molecule has 3 heteroatoms. The number of rotatable bonds is 2. The Morgan fingerprint density at radius 2 is 2.13 bits per heavy atom. The van der Waals surface area contributed by atoms with Crippen LogP contribution in [0.1, 0.15) is 23.7 Å². The van der Waals surface area contributed by atoms with Gasteiger partial charge in [0.05, 0.1) is 18.8 Å². The summed E-state index contributed by atoms with van der Waals surface area (Å²) in [6.07, 6.45) is -0.511. The summed E-state index contributed by atoms with van der Waals surface area (Å²) in [5.74, 6) is 0. The van der Waals surface area contributed by atoms with Crippen molar-refractivity contribution >= 4 is 0 Å². The van der Waals surface area contributed by atoms with Gasteiger partial charge in [0.25, 0.3) is 0 Å². The molecule has 0 radical (unpaired) electrons. The average molecular weight is 208 g/mol. The Morgan fingerprint density at radius 1 is 1.40 bits per heavy atom. The number of aliphatic hydroxyl groups is 2. The Labute approximate surface area is 89.3 Å². The molecular formula is C12H16O3. The van der Waals surface area contributed by atoms with Crippen molar-refractivity contribution in [3.8, 4) is 0 Å². The Balaban J connectivity index is 2.17. The highest BCUT2D eigenvalue weighted by molar-refractivity contribution is 5.28. The summed E-state index contributed by atoms with van der Waals surface area (Å²) < 4.78 is 5.59. The van der Waals surface area contributed by atoms with E-state index in [0.29, 0.717) is 6.42 Å². The molecule has 0 saturated carbocycles. The zero-order valence-corrected chi connectivity index (χ0v) is 8.76. The standard InChI is InChI=1S/C12H16O3/c1-8-4-2-3-5-9(8)11-6-10(14)12(7-13)15-11/h2-5,10-14H,6-7H2,1H3/t10-,11+,12+/m0/s1. The van der Waals surface area contributed by atoms with Gasteiger partial charge in [0.15, 0.2) is 0 Å². The second-order valence-corrected chi connectivity index (χ2v) is 4.01. The second-order valence-electron chi connectivity index (χ2n) is 4.01. The molecule has 2 N–H and O–H groups in total. The maximum Gasteiger partial charge on any atom is 0.107 e. The third-order valence-electron chi connectivity index (χ3n) is 2.94. The second kappa shape index (κ2) is 4.31. The van der Waals surface area contributed by atoms with Crippen molar-refractivity contribution in [3.05, 3.63) is 35.4 Å². The summed E-state index contributed by atoms with van der Waals surface area (Å²) in [4.78, 5) is 0. The first kappa shape index (κ1) is 10.6. The zero-order valence-electron chi connectivity index (χ0n) is 8.76. The molecule has 2 rings (SSSR count). The van der Waals surface area contributed by atoms with Crippen molar-refractivity contribution in [2.24, 2.45) is 0 Å². The maximum absolute atomic E-state index is 9.63. The summed E-state index contributed by atoms with van der Waals surface area (Å²) in [6.45, 7) is 1.90. The highest BCUT2D eigenvalue weighted by Crippen LogP contribution is 2.34. The van der Waals surface area contributed by atoms with E-state index in [1.165, 1.54) is 0 Å². The van der Waals surface area contributed by atoms with Crippen LogP contribution in [0.25, 0.3) is 0 Å². The molecule has 1 aromatic rings. The minimum Gasteiger partial charge on any atom is -0.394 e. The molecule has 0 aliphatic carbocycles. The monoisotopic (exact) mass is 208 g/mol. The summed E-state index contributed by atoms with van der Waals surface area (Å²) in [5.41, 5.74) is 2.26. The van der Waals surface area contributed by atoms with Crippen LogP contribution in [0.4, 0.5) is 0 Å². The molecule has 0 bridgehead atoms. The van der Waals surface area contributed by atoms with Gasteiger partial charge in [-0.2, -0.15) is 0 Å². The normalized spacial score (nSPS) is 30.7. The molecular weight excluding hydrogens is 192 g/mol. The van der Waals surface area contributed by atoms with Crippen LogP contribution in [-0.4, -0.2) is 29.0 Å². The van der Waals surface area contributed by atoms with Gasteiger partial charge in [-0.25, -0.2) is 0 Å². The van der Waals surface area contributed by atoms with Gasteiger partial charge in [-0.15, -0.1) is 0 Å². The Bertz CT molecular complexity index is 337. The number of benzene rings is 1. The Kier molecular flexibility index (Phi) is 3.05. The largest absolute Gasteiger partial charge is 0.394 e. The van der Waals surface area contributed by atoms with Crippen molar-refractivity contribution in [3.63, 3.8) is 0 Å². The van der Waals surface area contributed by atoms with Crippen LogP contribution < -0.4 is 0 Å². The molecule has 1 aromatic carbocycles. The third-order valence-corrected chi connectivity index (χ3v) is 2.94. The summed E-state index contributed by atoms with van der Waals surface area (Å²) in [6, 6.07) is 7.97. The van der Waals surface area contributed by atoms with Crippen LogP contribution in [0.3, 0.4) is 0 Å². The van der Waals surface area contributed by atoms with Crippen LogP contribution in [0.5, 0.6) is 0 Å². The van der Waals surface area contributed by atoms with Crippen molar-refractivity contribution in [1.29, 1.82) is 0 Å². The van der Waals surface area contributed by atoms with Gasteiger partial charge in [-0.05, 0) is 18.1 Å². The fourth-order valence-corrected chi connectivity index (χ4v) is 2.04. The van der Waals surface area contributed by atoms with Crippen LogP contribution in [0, 0.1) is 6.92 Å². The minimum atomic E-state index is -0.556. The molecule has 0 unspecified atom stereocenters. The van der Waals surface area contributed by atoms with Gasteiger partial charge in [-0.1, -0.05) is 24.3 Å². The molecule has 3 atom stereocenters. The molecule has 1 fully saturated rings. The van der Waals surface area contributed by atoms with E-state index in [2.05, 4.69) is 0 Å². The van der Waals surface area contributed by atoms with E-state index in [1.807, 2.05) is 31.2 Å². The first-order valence-electron chi connectivity index (χ1n) is 5.22. The van der Waals surface area contributed by atoms with Gasteiger partial charge >= 0.3 is 0 Å². The maximum atomic E-state index is 9.63. The van der Waals surface area contributed by atoms with E-state index in [1.54, 1.807) is 0 Å². The molecule has 82 valence electrons. The quantitative estimate of drug-likeness (QED) is 0.767. The molecule has 1 saturated heterocycles. The average Bonchev–Trinajstić information content (AvgIpc) is 2.60. The predicted molar refractivity (Wildman–Crippen MR) is 56.5 cm³/mol. The van der Waals surface area contributed by atoms with Gasteiger partial charge in [0.2, 0.25) is 0 Å². The lowest BCUT2D eigenvalue weighted by molar-refractivity contribution is -0.0227. The van der Waals surface area contributed by atoms with Gasteiger partial charge in [0, 0.05) is 6.42 Å². The van der Waals surface area contributed by atoms with E-state index < -0.39 is 12.2 Å². The molecule has 1 aliphatic heterocycles. The van der Waals surface area contributed by atoms with Gasteiger partial charge in [-0.3, -0.25) is 0 Å². The van der Waals surface area contributed by atoms with E-state index >= 15 is 0 Å². The molecule has 3 nitrogen and oxygen atoms in total. The van der Waals surface area contributed by atoms with E-state index in [9.17, 15) is 5.11 Å². The summed E-state index contributed by atoms with van der Waals surface area (Å²) in [5, 5.41) is 18.6. The highest BCUT2D eigenvalue weighted by atomic mass is 16.5. The first-order valence-corrected chi connectivity index (χ1v) is 5.22. The molecule has 1 aliphatic rings.